The molecule has 4 heteroatoms. The van der Waals surface area contributed by atoms with Crippen molar-refractivity contribution in [3.63, 3.8) is 0 Å². The third-order valence-electron chi connectivity index (χ3n) is 3.55. The van der Waals surface area contributed by atoms with Gasteiger partial charge in [-0.1, -0.05) is 52.0 Å². The van der Waals surface area contributed by atoms with Gasteiger partial charge in [-0.25, -0.2) is 9.59 Å². The average molecular weight is 320 g/mol. The second-order valence-electron chi connectivity index (χ2n) is 5.62. The van der Waals surface area contributed by atoms with E-state index in [-0.39, 0.29) is 5.97 Å². The van der Waals surface area contributed by atoms with Crippen molar-refractivity contribution >= 4 is 11.9 Å². The predicted molar refractivity (Wildman–Crippen MR) is 90.7 cm³/mol. The van der Waals surface area contributed by atoms with E-state index in [1.807, 2.05) is 0 Å². The van der Waals surface area contributed by atoms with Gasteiger partial charge in [0.1, 0.15) is 0 Å². The van der Waals surface area contributed by atoms with E-state index in [9.17, 15) is 9.59 Å². The highest BCUT2D eigenvalue weighted by atomic mass is 16.5. The molecule has 0 radical (unpaired) electrons. The Bertz CT molecular complexity index is 482. The zero-order chi connectivity index (χ0) is 16.9. The normalized spacial score (nSPS) is 10.3. The maximum absolute atomic E-state index is 12.0. The molecule has 0 aromatic heterocycles. The van der Waals surface area contributed by atoms with E-state index in [0.717, 1.165) is 44.9 Å². The van der Waals surface area contributed by atoms with Gasteiger partial charge < -0.3 is 9.47 Å². The first-order valence-corrected chi connectivity index (χ1v) is 8.63. The third kappa shape index (κ3) is 7.82. The monoisotopic (exact) mass is 320 g/mol. The van der Waals surface area contributed by atoms with Crippen LogP contribution in [-0.2, 0) is 9.47 Å². The molecule has 0 saturated heterocycles. The van der Waals surface area contributed by atoms with Gasteiger partial charge in [0, 0.05) is 0 Å². The molecule has 0 N–H and O–H groups in total. The lowest BCUT2D eigenvalue weighted by molar-refractivity contribution is 0.0496. The quantitative estimate of drug-likeness (QED) is 0.435. The highest BCUT2D eigenvalue weighted by Gasteiger charge is 2.12. The summed E-state index contributed by atoms with van der Waals surface area (Å²) in [5.41, 5.74) is 0.783. The number of carbonyl (C=O) groups is 2. The summed E-state index contributed by atoms with van der Waals surface area (Å²) in [7, 11) is 0. The molecule has 0 saturated carbocycles. The number of unbranched alkanes of at least 4 members (excludes halogenated alkanes) is 5. The molecule has 0 atom stereocenters. The lowest BCUT2D eigenvalue weighted by Gasteiger charge is -2.07. The van der Waals surface area contributed by atoms with Crippen LogP contribution in [-0.4, -0.2) is 25.2 Å². The fraction of sp³-hybridized carbons (Fsp3) is 0.579. The smallest absolute Gasteiger partial charge is 0.338 e. The van der Waals surface area contributed by atoms with Gasteiger partial charge >= 0.3 is 11.9 Å². The summed E-state index contributed by atoms with van der Waals surface area (Å²) in [6.07, 6.45) is 7.22. The summed E-state index contributed by atoms with van der Waals surface area (Å²) in [4.78, 5) is 23.9. The van der Waals surface area contributed by atoms with Crippen LogP contribution in [0.3, 0.4) is 0 Å². The largest absolute Gasteiger partial charge is 0.462 e. The molecule has 128 valence electrons. The van der Waals surface area contributed by atoms with Gasteiger partial charge in [-0.2, -0.15) is 0 Å². The molecular formula is C19H28O4. The van der Waals surface area contributed by atoms with Crippen LogP contribution in [0.4, 0.5) is 0 Å². The number of ether oxygens (including phenoxy) is 2. The first-order chi connectivity index (χ1) is 11.2. The Kier molecular flexibility index (Phi) is 9.76. The topological polar surface area (TPSA) is 52.6 Å². The molecular weight excluding hydrogens is 292 g/mol. The molecule has 0 fully saturated rings. The lowest BCUT2D eigenvalue weighted by Crippen LogP contribution is -2.10. The van der Waals surface area contributed by atoms with Gasteiger partial charge in [-0.3, -0.25) is 0 Å². The predicted octanol–water partition coefficient (Wildman–Crippen LogP) is 4.77. The molecule has 0 aliphatic carbocycles. The van der Waals surface area contributed by atoms with E-state index in [0.29, 0.717) is 24.3 Å². The molecule has 0 bridgehead atoms. The van der Waals surface area contributed by atoms with Gasteiger partial charge in [0.2, 0.25) is 0 Å². The molecule has 0 aliphatic rings. The molecule has 0 heterocycles. The van der Waals surface area contributed by atoms with Gasteiger partial charge in [0.25, 0.3) is 0 Å². The molecule has 23 heavy (non-hydrogen) atoms. The van der Waals surface area contributed by atoms with Crippen LogP contribution in [0.2, 0.25) is 0 Å². The lowest BCUT2D eigenvalue weighted by atomic mass is 10.1. The second kappa shape index (κ2) is 11.7. The first-order valence-electron chi connectivity index (χ1n) is 8.63. The standard InChI is InChI=1S/C19H28O4/c1-3-5-7-9-14-23-19(21)17-12-10-11-16(15-17)18(20)22-13-8-6-4-2/h10-12,15H,3-9,13-14H2,1-2H3. The Morgan fingerprint density at radius 1 is 0.783 bits per heavy atom. The van der Waals surface area contributed by atoms with E-state index in [2.05, 4.69) is 13.8 Å². The van der Waals surface area contributed by atoms with Crippen molar-refractivity contribution in [2.24, 2.45) is 0 Å². The molecule has 0 spiro atoms. The van der Waals surface area contributed by atoms with Crippen molar-refractivity contribution in [3.8, 4) is 0 Å². The average Bonchev–Trinajstić information content (AvgIpc) is 2.58. The van der Waals surface area contributed by atoms with Crippen molar-refractivity contribution in [2.75, 3.05) is 13.2 Å². The maximum Gasteiger partial charge on any atom is 0.338 e. The zero-order valence-electron chi connectivity index (χ0n) is 14.3. The Morgan fingerprint density at radius 3 is 1.78 bits per heavy atom. The Balaban J connectivity index is 2.45. The van der Waals surface area contributed by atoms with Gasteiger partial charge in [-0.05, 0) is 31.0 Å². The van der Waals surface area contributed by atoms with E-state index in [1.54, 1.807) is 18.2 Å². The number of esters is 2. The number of benzene rings is 1. The minimum absolute atomic E-state index is 0.387. The van der Waals surface area contributed by atoms with Crippen molar-refractivity contribution in [2.45, 2.75) is 58.8 Å². The third-order valence-corrected chi connectivity index (χ3v) is 3.55. The molecule has 0 unspecified atom stereocenters. The minimum atomic E-state index is -0.390. The Hall–Kier alpha value is -1.84. The van der Waals surface area contributed by atoms with E-state index < -0.39 is 5.97 Å². The zero-order valence-corrected chi connectivity index (χ0v) is 14.3. The maximum atomic E-state index is 12.0. The van der Waals surface area contributed by atoms with Crippen molar-refractivity contribution in [3.05, 3.63) is 35.4 Å². The number of carbonyl (C=O) groups excluding carboxylic acids is 2. The van der Waals surface area contributed by atoms with Crippen LogP contribution in [0.25, 0.3) is 0 Å². The molecule has 1 aromatic rings. The van der Waals surface area contributed by atoms with Gasteiger partial charge in [-0.15, -0.1) is 0 Å². The SMILES string of the molecule is CCCCCCOC(=O)c1cccc(C(=O)OCCCCC)c1. The summed E-state index contributed by atoms with van der Waals surface area (Å²) in [6, 6.07) is 6.52. The fourth-order valence-corrected chi connectivity index (χ4v) is 2.15. The highest BCUT2D eigenvalue weighted by molar-refractivity contribution is 5.95. The first kappa shape index (κ1) is 19.2. The van der Waals surface area contributed by atoms with Crippen LogP contribution in [0.1, 0.15) is 79.5 Å². The Morgan fingerprint density at radius 2 is 1.26 bits per heavy atom. The molecule has 1 aromatic carbocycles. The summed E-state index contributed by atoms with van der Waals surface area (Å²) < 4.78 is 10.4. The van der Waals surface area contributed by atoms with Crippen LogP contribution in [0.15, 0.2) is 24.3 Å². The summed E-state index contributed by atoms with van der Waals surface area (Å²) in [5.74, 6) is -0.777. The minimum Gasteiger partial charge on any atom is -0.462 e. The van der Waals surface area contributed by atoms with E-state index in [4.69, 9.17) is 9.47 Å². The van der Waals surface area contributed by atoms with Gasteiger partial charge in [0.15, 0.2) is 0 Å². The van der Waals surface area contributed by atoms with Crippen LogP contribution < -0.4 is 0 Å². The van der Waals surface area contributed by atoms with Crippen molar-refractivity contribution < 1.29 is 19.1 Å². The van der Waals surface area contributed by atoms with Crippen molar-refractivity contribution in [1.29, 1.82) is 0 Å². The summed E-state index contributed by atoms with van der Waals surface area (Å²) in [6.45, 7) is 5.07. The van der Waals surface area contributed by atoms with Crippen LogP contribution in [0, 0.1) is 0 Å². The van der Waals surface area contributed by atoms with Crippen LogP contribution >= 0.6 is 0 Å². The fourth-order valence-electron chi connectivity index (χ4n) is 2.15. The molecule has 0 aliphatic heterocycles. The number of hydrogen-bond donors (Lipinski definition) is 0. The Labute approximate surface area is 139 Å². The van der Waals surface area contributed by atoms with E-state index in [1.165, 1.54) is 6.07 Å². The van der Waals surface area contributed by atoms with Crippen molar-refractivity contribution in [1.82, 2.24) is 0 Å². The van der Waals surface area contributed by atoms with E-state index >= 15 is 0 Å². The number of rotatable bonds is 11. The van der Waals surface area contributed by atoms with Gasteiger partial charge in [0.05, 0.1) is 24.3 Å². The highest BCUT2D eigenvalue weighted by Crippen LogP contribution is 2.10. The second-order valence-corrected chi connectivity index (χ2v) is 5.62. The van der Waals surface area contributed by atoms with Crippen LogP contribution in [0.5, 0.6) is 0 Å². The molecule has 1 rings (SSSR count). The summed E-state index contributed by atoms with van der Waals surface area (Å²) in [5, 5.41) is 0. The summed E-state index contributed by atoms with van der Waals surface area (Å²) >= 11 is 0. The molecule has 0 amide bonds. The number of hydrogen-bond acceptors (Lipinski definition) is 4. The molecule has 4 nitrogen and oxygen atoms in total.